The number of aliphatic hydroxyl groups is 1. The maximum Gasteiger partial charge on any atom is 0.419 e. The van der Waals surface area contributed by atoms with Gasteiger partial charge in [0.25, 0.3) is 0 Å². The fourth-order valence-electron chi connectivity index (χ4n) is 1.74. The number of halogens is 4. The van der Waals surface area contributed by atoms with Crippen LogP contribution in [0.4, 0.5) is 17.6 Å². The Morgan fingerprint density at radius 1 is 1.16 bits per heavy atom. The van der Waals surface area contributed by atoms with Gasteiger partial charge >= 0.3 is 6.18 Å². The van der Waals surface area contributed by atoms with Crippen LogP contribution in [-0.4, -0.2) is 5.11 Å². The molecule has 0 amide bonds. The zero-order valence-corrected chi connectivity index (χ0v) is 10.6. The molecule has 0 saturated carbocycles. The zero-order chi connectivity index (χ0) is 14.3. The third kappa shape index (κ3) is 2.64. The number of hydrogen-bond donors (Lipinski definition) is 1. The van der Waals surface area contributed by atoms with Crippen LogP contribution in [0.3, 0.4) is 0 Å². The molecular weight excluding hydrogens is 280 g/mol. The highest BCUT2D eigenvalue weighted by atomic mass is 32.1. The lowest BCUT2D eigenvalue weighted by Crippen LogP contribution is -2.22. The molecule has 1 aromatic carbocycles. The van der Waals surface area contributed by atoms with Gasteiger partial charge in [-0.2, -0.15) is 13.2 Å². The van der Waals surface area contributed by atoms with Crippen LogP contribution < -0.4 is 0 Å². The van der Waals surface area contributed by atoms with Gasteiger partial charge in [-0.1, -0.05) is 12.1 Å². The van der Waals surface area contributed by atoms with Gasteiger partial charge < -0.3 is 5.11 Å². The second kappa shape index (κ2) is 4.61. The molecule has 19 heavy (non-hydrogen) atoms. The van der Waals surface area contributed by atoms with Gasteiger partial charge in [-0.05, 0) is 36.1 Å². The molecule has 0 bridgehead atoms. The van der Waals surface area contributed by atoms with Crippen LogP contribution in [0.1, 0.15) is 22.9 Å². The second-order valence-corrected chi connectivity index (χ2v) is 5.19. The Balaban J connectivity index is 2.53. The van der Waals surface area contributed by atoms with Crippen molar-refractivity contribution >= 4 is 11.3 Å². The summed E-state index contributed by atoms with van der Waals surface area (Å²) in [4.78, 5) is 0.493. The fourth-order valence-corrected chi connectivity index (χ4v) is 2.55. The first-order valence-electron chi connectivity index (χ1n) is 5.36. The molecule has 1 N–H and O–H groups in total. The van der Waals surface area contributed by atoms with Gasteiger partial charge in [0.15, 0.2) is 0 Å². The summed E-state index contributed by atoms with van der Waals surface area (Å²) >= 11 is 1.22. The summed E-state index contributed by atoms with van der Waals surface area (Å²) in [5.41, 5.74) is -2.95. The summed E-state index contributed by atoms with van der Waals surface area (Å²) in [6.07, 6.45) is -4.79. The molecule has 0 spiro atoms. The molecule has 102 valence electrons. The Labute approximate surface area is 111 Å². The number of alkyl halides is 3. The van der Waals surface area contributed by atoms with Crippen LogP contribution in [0, 0.1) is 5.82 Å². The Morgan fingerprint density at radius 3 is 2.37 bits per heavy atom. The van der Waals surface area contributed by atoms with E-state index in [4.69, 9.17) is 0 Å². The van der Waals surface area contributed by atoms with Crippen LogP contribution in [0.5, 0.6) is 0 Å². The van der Waals surface area contributed by atoms with E-state index >= 15 is 0 Å². The van der Waals surface area contributed by atoms with Gasteiger partial charge in [-0.15, -0.1) is 11.3 Å². The van der Waals surface area contributed by atoms with E-state index in [0.717, 1.165) is 12.1 Å². The lowest BCUT2D eigenvalue weighted by molar-refractivity contribution is -0.140. The minimum absolute atomic E-state index is 0.00340. The topological polar surface area (TPSA) is 20.2 Å². The molecule has 0 saturated heterocycles. The van der Waals surface area contributed by atoms with Crippen molar-refractivity contribution in [3.05, 3.63) is 57.5 Å². The predicted molar refractivity (Wildman–Crippen MR) is 64.4 cm³/mol. The van der Waals surface area contributed by atoms with E-state index in [1.807, 2.05) is 0 Å². The van der Waals surface area contributed by atoms with Crippen molar-refractivity contribution in [3.63, 3.8) is 0 Å². The van der Waals surface area contributed by atoms with Crippen LogP contribution >= 0.6 is 11.3 Å². The van der Waals surface area contributed by atoms with Gasteiger partial charge in [-0.25, -0.2) is 4.39 Å². The minimum atomic E-state index is -4.79. The van der Waals surface area contributed by atoms with Crippen molar-refractivity contribution < 1.29 is 22.7 Å². The Hall–Kier alpha value is -1.40. The second-order valence-electron chi connectivity index (χ2n) is 4.24. The van der Waals surface area contributed by atoms with Crippen LogP contribution in [0.15, 0.2) is 35.7 Å². The van der Waals surface area contributed by atoms with E-state index in [9.17, 15) is 22.7 Å². The maximum atomic E-state index is 13.2. The molecule has 0 fully saturated rings. The molecule has 6 heteroatoms. The van der Waals surface area contributed by atoms with Crippen molar-refractivity contribution in [3.8, 4) is 0 Å². The van der Waals surface area contributed by atoms with E-state index in [2.05, 4.69) is 0 Å². The highest BCUT2D eigenvalue weighted by Crippen LogP contribution is 2.37. The molecule has 1 nitrogen and oxygen atoms in total. The largest absolute Gasteiger partial charge is 0.419 e. The molecule has 2 aromatic rings. The first kappa shape index (κ1) is 14.0. The third-order valence-electron chi connectivity index (χ3n) is 2.83. The van der Waals surface area contributed by atoms with Gasteiger partial charge in [-0.3, -0.25) is 0 Å². The molecule has 1 heterocycles. The highest BCUT2D eigenvalue weighted by molar-refractivity contribution is 7.10. The lowest BCUT2D eigenvalue weighted by atomic mass is 9.92. The maximum absolute atomic E-state index is 13.2. The monoisotopic (exact) mass is 290 g/mol. The number of hydrogen-bond acceptors (Lipinski definition) is 2. The SMILES string of the molecule is CC(O)(c1ccc(F)c(C(F)(F)F)c1)c1cccs1. The van der Waals surface area contributed by atoms with Crippen molar-refractivity contribution in [1.82, 2.24) is 0 Å². The quantitative estimate of drug-likeness (QED) is 0.823. The highest BCUT2D eigenvalue weighted by Gasteiger charge is 2.36. The summed E-state index contributed by atoms with van der Waals surface area (Å²) in [5.74, 6) is -1.35. The summed E-state index contributed by atoms with van der Waals surface area (Å²) in [5, 5.41) is 12.1. The molecule has 0 aliphatic heterocycles. The van der Waals surface area contributed by atoms with Gasteiger partial charge in [0, 0.05) is 4.88 Å². The zero-order valence-electron chi connectivity index (χ0n) is 9.83. The van der Waals surface area contributed by atoms with Gasteiger partial charge in [0.05, 0.1) is 5.56 Å². The number of benzene rings is 1. The molecule has 0 radical (unpaired) electrons. The molecule has 1 aromatic heterocycles. The summed E-state index contributed by atoms with van der Waals surface area (Å²) < 4.78 is 51.1. The third-order valence-corrected chi connectivity index (χ3v) is 3.92. The molecular formula is C13H10F4OS. The normalized spacial score (nSPS) is 15.3. The number of rotatable bonds is 2. The molecule has 2 rings (SSSR count). The van der Waals surface area contributed by atoms with Gasteiger partial charge in [0.2, 0.25) is 0 Å². The van der Waals surface area contributed by atoms with Crippen molar-refractivity contribution in [2.75, 3.05) is 0 Å². The Kier molecular flexibility index (Phi) is 3.40. The standard InChI is InChI=1S/C13H10F4OS/c1-12(18,11-3-2-6-19-11)8-4-5-10(14)9(7-8)13(15,16)17/h2-7,18H,1H3. The lowest BCUT2D eigenvalue weighted by Gasteiger charge is -2.23. The van der Waals surface area contributed by atoms with E-state index in [1.54, 1.807) is 17.5 Å². The van der Waals surface area contributed by atoms with Crippen molar-refractivity contribution in [1.29, 1.82) is 0 Å². The van der Waals surface area contributed by atoms with E-state index < -0.39 is 23.2 Å². The summed E-state index contributed by atoms with van der Waals surface area (Å²) in [7, 11) is 0. The smallest absolute Gasteiger partial charge is 0.380 e. The summed E-state index contributed by atoms with van der Waals surface area (Å²) in [6, 6.07) is 5.82. The molecule has 1 atom stereocenters. The molecule has 0 aliphatic carbocycles. The Morgan fingerprint density at radius 2 is 1.84 bits per heavy atom. The number of thiophene rings is 1. The molecule has 1 unspecified atom stereocenters. The average molecular weight is 290 g/mol. The minimum Gasteiger partial charge on any atom is -0.380 e. The van der Waals surface area contributed by atoms with Crippen LogP contribution in [0.25, 0.3) is 0 Å². The predicted octanol–water partition coefficient (Wildman–Crippen LogP) is 4.16. The van der Waals surface area contributed by atoms with E-state index in [-0.39, 0.29) is 5.56 Å². The first-order chi connectivity index (χ1) is 8.73. The van der Waals surface area contributed by atoms with Crippen molar-refractivity contribution in [2.24, 2.45) is 0 Å². The van der Waals surface area contributed by atoms with Gasteiger partial charge in [0.1, 0.15) is 11.4 Å². The first-order valence-corrected chi connectivity index (χ1v) is 6.24. The van der Waals surface area contributed by atoms with E-state index in [0.29, 0.717) is 10.9 Å². The molecule has 0 aliphatic rings. The Bertz CT molecular complexity index is 573. The van der Waals surface area contributed by atoms with Crippen LogP contribution in [0.2, 0.25) is 0 Å². The van der Waals surface area contributed by atoms with Crippen LogP contribution in [-0.2, 0) is 11.8 Å². The average Bonchev–Trinajstić information content (AvgIpc) is 2.81. The summed E-state index contributed by atoms with van der Waals surface area (Å²) in [6.45, 7) is 1.38. The fraction of sp³-hybridized carbons (Fsp3) is 0.231. The van der Waals surface area contributed by atoms with E-state index in [1.165, 1.54) is 18.3 Å². The van der Waals surface area contributed by atoms with Crippen molar-refractivity contribution in [2.45, 2.75) is 18.7 Å².